The molecule has 3 rings (SSSR count). The van der Waals surface area contributed by atoms with Crippen LogP contribution in [0.15, 0.2) is 66.4 Å². The lowest BCUT2D eigenvalue weighted by Crippen LogP contribution is -2.39. The van der Waals surface area contributed by atoms with Gasteiger partial charge in [-0.15, -0.1) is 0 Å². The van der Waals surface area contributed by atoms with Crippen LogP contribution in [0.3, 0.4) is 0 Å². The minimum absolute atomic E-state index is 0.0135. The second-order valence-corrected chi connectivity index (χ2v) is 8.12. The number of carbonyl (C=O) groups is 1. The second kappa shape index (κ2) is 14.6. The maximum atomic E-state index is 13.2. The molecule has 190 valence electrons. The first-order valence-corrected chi connectivity index (χ1v) is 12.0. The summed E-state index contributed by atoms with van der Waals surface area (Å²) < 4.78 is 36.1. The highest BCUT2D eigenvalue weighted by molar-refractivity contribution is 5.91. The topological polar surface area (TPSA) is 86.3 Å². The maximum Gasteiger partial charge on any atom is 0.286 e. The highest BCUT2D eigenvalue weighted by atomic mass is 19.1. The Hall–Kier alpha value is -2.78. The van der Waals surface area contributed by atoms with E-state index in [9.17, 15) is 9.18 Å². The number of ether oxygens (including phenoxy) is 4. The van der Waals surface area contributed by atoms with Crippen molar-refractivity contribution in [2.75, 3.05) is 39.6 Å². The van der Waals surface area contributed by atoms with Gasteiger partial charge < -0.3 is 29.4 Å². The van der Waals surface area contributed by atoms with Crippen LogP contribution in [-0.4, -0.2) is 56.9 Å². The van der Waals surface area contributed by atoms with Gasteiger partial charge in [-0.25, -0.2) is 4.39 Å². The van der Waals surface area contributed by atoms with E-state index in [2.05, 4.69) is 5.32 Å². The van der Waals surface area contributed by atoms with E-state index in [1.807, 2.05) is 43.3 Å². The van der Waals surface area contributed by atoms with Gasteiger partial charge in [0.25, 0.3) is 5.91 Å². The van der Waals surface area contributed by atoms with E-state index in [0.717, 1.165) is 11.1 Å². The van der Waals surface area contributed by atoms with E-state index in [-0.39, 0.29) is 42.5 Å². The first-order valence-electron chi connectivity index (χ1n) is 12.0. The van der Waals surface area contributed by atoms with E-state index in [1.54, 1.807) is 12.1 Å². The summed E-state index contributed by atoms with van der Waals surface area (Å²) in [5, 5.41) is 11.6. The number of hydrogen-bond acceptors (Lipinski definition) is 6. The number of allylic oxidation sites excluding steroid dienone is 1. The van der Waals surface area contributed by atoms with Crippen LogP contribution in [0.4, 0.5) is 4.39 Å². The molecule has 0 unspecified atom stereocenters. The lowest BCUT2D eigenvalue weighted by Gasteiger charge is -2.37. The van der Waals surface area contributed by atoms with Gasteiger partial charge in [-0.2, -0.15) is 0 Å². The number of aliphatic hydroxyl groups excluding tert-OH is 1. The summed E-state index contributed by atoms with van der Waals surface area (Å²) in [4.78, 5) is 13.0. The van der Waals surface area contributed by atoms with Crippen molar-refractivity contribution in [3.05, 3.63) is 83.4 Å². The Bertz CT molecular complexity index is 921. The van der Waals surface area contributed by atoms with Crippen LogP contribution >= 0.6 is 0 Å². The van der Waals surface area contributed by atoms with E-state index in [4.69, 9.17) is 24.1 Å². The van der Waals surface area contributed by atoms with E-state index >= 15 is 0 Å². The van der Waals surface area contributed by atoms with Crippen molar-refractivity contribution in [2.45, 2.75) is 32.1 Å². The molecule has 1 amide bonds. The Morgan fingerprint density at radius 3 is 2.43 bits per heavy atom. The highest BCUT2D eigenvalue weighted by Crippen LogP contribution is 2.38. The van der Waals surface area contributed by atoms with Crippen LogP contribution in [0.25, 0.3) is 0 Å². The summed E-state index contributed by atoms with van der Waals surface area (Å²) >= 11 is 0. The molecule has 7 nitrogen and oxygen atoms in total. The summed E-state index contributed by atoms with van der Waals surface area (Å²) in [5.41, 5.74) is 1.84. The fraction of sp³-hybridized carbons (Fsp3) is 0.444. The molecule has 1 aliphatic heterocycles. The van der Waals surface area contributed by atoms with Crippen molar-refractivity contribution in [1.29, 1.82) is 0 Å². The minimum atomic E-state index is -0.615. The predicted molar refractivity (Wildman–Crippen MR) is 129 cm³/mol. The molecule has 0 aromatic heterocycles. The summed E-state index contributed by atoms with van der Waals surface area (Å²) in [6.07, 6.45) is 1.89. The molecule has 3 atom stereocenters. The van der Waals surface area contributed by atoms with Crippen LogP contribution in [0.1, 0.15) is 30.4 Å². The van der Waals surface area contributed by atoms with Crippen molar-refractivity contribution in [3.63, 3.8) is 0 Å². The van der Waals surface area contributed by atoms with Crippen molar-refractivity contribution < 1.29 is 33.2 Å². The Kier molecular flexibility index (Phi) is 11.2. The second-order valence-electron chi connectivity index (χ2n) is 8.12. The largest absolute Gasteiger partial charge is 0.459 e. The molecule has 2 aromatic rings. The fourth-order valence-electron chi connectivity index (χ4n) is 3.97. The zero-order valence-corrected chi connectivity index (χ0v) is 20.0. The lowest BCUT2D eigenvalue weighted by atomic mass is 9.81. The SMILES string of the molecule is CCO[C@@H]1OC(C(=O)NCc2ccc(F)cc2)=C[C@H](c2ccccc2)[C@@H]1CCOCCOCCO. The third-order valence-electron chi connectivity index (χ3n) is 5.69. The smallest absolute Gasteiger partial charge is 0.286 e. The molecule has 35 heavy (non-hydrogen) atoms. The van der Waals surface area contributed by atoms with Crippen LogP contribution in [0, 0.1) is 11.7 Å². The van der Waals surface area contributed by atoms with Gasteiger partial charge in [-0.1, -0.05) is 42.5 Å². The molecule has 2 aromatic carbocycles. The molecule has 0 bridgehead atoms. The third kappa shape index (κ3) is 8.43. The number of hydrogen-bond donors (Lipinski definition) is 2. The monoisotopic (exact) mass is 487 g/mol. The maximum absolute atomic E-state index is 13.2. The van der Waals surface area contributed by atoms with Gasteiger partial charge >= 0.3 is 0 Å². The lowest BCUT2D eigenvalue weighted by molar-refractivity contribution is -0.168. The molecule has 0 saturated heterocycles. The Balaban J connectivity index is 1.70. The van der Waals surface area contributed by atoms with Crippen LogP contribution in [-0.2, 0) is 30.3 Å². The molecule has 2 N–H and O–H groups in total. The van der Waals surface area contributed by atoms with Crippen molar-refractivity contribution in [1.82, 2.24) is 5.32 Å². The zero-order valence-electron chi connectivity index (χ0n) is 20.0. The number of rotatable bonds is 14. The average Bonchev–Trinajstić information content (AvgIpc) is 2.88. The van der Waals surface area contributed by atoms with Crippen molar-refractivity contribution in [2.24, 2.45) is 5.92 Å². The number of amides is 1. The van der Waals surface area contributed by atoms with Gasteiger partial charge in [0.2, 0.25) is 6.29 Å². The Labute approximate surface area is 205 Å². The van der Waals surface area contributed by atoms with E-state index < -0.39 is 6.29 Å². The van der Waals surface area contributed by atoms with Gasteiger partial charge in [0.15, 0.2) is 5.76 Å². The van der Waals surface area contributed by atoms with Crippen LogP contribution < -0.4 is 5.32 Å². The number of halogens is 1. The normalized spacial score (nSPS) is 19.6. The summed E-state index contributed by atoms with van der Waals surface area (Å²) in [6, 6.07) is 15.9. The van der Waals surface area contributed by atoms with Crippen molar-refractivity contribution in [3.8, 4) is 0 Å². The Morgan fingerprint density at radius 2 is 1.74 bits per heavy atom. The van der Waals surface area contributed by atoms with Crippen molar-refractivity contribution >= 4 is 5.91 Å². The molecule has 1 aliphatic rings. The molecule has 0 saturated carbocycles. The van der Waals surface area contributed by atoms with Gasteiger partial charge in [0.1, 0.15) is 5.82 Å². The quantitative estimate of drug-likeness (QED) is 0.397. The fourth-order valence-corrected chi connectivity index (χ4v) is 3.97. The molecule has 0 aliphatic carbocycles. The van der Waals surface area contributed by atoms with E-state index in [0.29, 0.717) is 39.5 Å². The molecule has 1 heterocycles. The van der Waals surface area contributed by atoms with Gasteiger partial charge in [0, 0.05) is 31.6 Å². The molecule has 0 spiro atoms. The number of carbonyl (C=O) groups excluding carboxylic acids is 1. The molecule has 0 radical (unpaired) electrons. The highest BCUT2D eigenvalue weighted by Gasteiger charge is 2.37. The summed E-state index contributed by atoms with van der Waals surface area (Å²) in [6.45, 7) is 4.17. The zero-order chi connectivity index (χ0) is 24.9. The van der Waals surface area contributed by atoms with Gasteiger partial charge in [-0.3, -0.25) is 4.79 Å². The number of aliphatic hydroxyl groups is 1. The first kappa shape index (κ1) is 26.8. The van der Waals surface area contributed by atoms with Crippen LogP contribution in [0.5, 0.6) is 0 Å². The minimum Gasteiger partial charge on any atom is -0.459 e. The van der Waals surface area contributed by atoms with Gasteiger partial charge in [-0.05, 0) is 42.7 Å². The van der Waals surface area contributed by atoms with E-state index in [1.165, 1.54) is 12.1 Å². The molecular formula is C27H34FNO6. The standard InChI is InChI=1S/C27H34FNO6/c1-2-34-27-23(12-14-32-16-17-33-15-13-30)24(21-6-4-3-5-7-21)18-25(35-27)26(31)29-19-20-8-10-22(28)11-9-20/h3-11,18,23-24,27,30H,2,12-17,19H2,1H3,(H,29,31)/t23-,24+,27+/m0/s1. The Morgan fingerprint density at radius 1 is 1.03 bits per heavy atom. The first-order chi connectivity index (χ1) is 17.1. The molecule has 8 heteroatoms. The average molecular weight is 488 g/mol. The number of nitrogens with one attached hydrogen (secondary N) is 1. The summed E-state index contributed by atoms with van der Waals surface area (Å²) in [5.74, 6) is -0.646. The third-order valence-corrected chi connectivity index (χ3v) is 5.69. The summed E-state index contributed by atoms with van der Waals surface area (Å²) in [7, 11) is 0. The molecule has 0 fully saturated rings. The molecular weight excluding hydrogens is 453 g/mol. The van der Waals surface area contributed by atoms with Crippen LogP contribution in [0.2, 0.25) is 0 Å². The predicted octanol–water partition coefficient (Wildman–Crippen LogP) is 3.53. The van der Waals surface area contributed by atoms with Gasteiger partial charge in [0.05, 0.1) is 26.4 Å². The number of benzene rings is 2.